The molecule has 0 radical (unpaired) electrons. The summed E-state index contributed by atoms with van der Waals surface area (Å²) in [6.07, 6.45) is 0. The molecule has 2 N–H and O–H groups in total. The number of carbonyl (C=O) groups is 1. The van der Waals surface area contributed by atoms with Gasteiger partial charge in [-0.2, -0.15) is 0 Å². The van der Waals surface area contributed by atoms with E-state index >= 15 is 0 Å². The van der Waals surface area contributed by atoms with Crippen LogP contribution in [0.2, 0.25) is 0 Å². The number of nitrogens with one attached hydrogen (secondary N) is 2. The highest BCUT2D eigenvalue weighted by Gasteiger charge is 2.22. The Balaban J connectivity index is 2.35. The second-order valence-electron chi connectivity index (χ2n) is 6.42. The van der Waals surface area contributed by atoms with Gasteiger partial charge in [0.1, 0.15) is 5.75 Å². The molecule has 0 bridgehead atoms. The summed E-state index contributed by atoms with van der Waals surface area (Å²) in [4.78, 5) is 12.2. The largest absolute Gasteiger partial charge is 0.496 e. The molecule has 2 aromatic carbocycles. The SMILES string of the molecule is CCNC(=O)c1cc(S(=O)(=O)N[C@H](C)c2ccc(C)cc2C)ccc1OC. The standard InChI is InChI=1S/C20H26N2O4S/c1-6-21-20(23)18-12-16(8-10-19(18)26-5)27(24,25)22-15(4)17-9-7-13(2)11-14(17)3/h7-12,15,22H,6H2,1-5H3,(H,21,23)/t15-/m1/s1. The van der Waals surface area contributed by atoms with Crippen molar-refractivity contribution in [3.63, 3.8) is 0 Å². The molecule has 6 nitrogen and oxygen atoms in total. The lowest BCUT2D eigenvalue weighted by Crippen LogP contribution is -2.28. The summed E-state index contributed by atoms with van der Waals surface area (Å²) in [6, 6.07) is 9.73. The average molecular weight is 391 g/mol. The van der Waals surface area contributed by atoms with Crippen LogP contribution in [0.1, 0.15) is 46.9 Å². The van der Waals surface area contributed by atoms with Crippen LogP contribution in [0, 0.1) is 13.8 Å². The minimum Gasteiger partial charge on any atom is -0.496 e. The minimum atomic E-state index is -3.82. The monoisotopic (exact) mass is 390 g/mol. The van der Waals surface area contributed by atoms with Crippen molar-refractivity contribution in [1.82, 2.24) is 10.0 Å². The van der Waals surface area contributed by atoms with Gasteiger partial charge < -0.3 is 10.1 Å². The third-order valence-corrected chi connectivity index (χ3v) is 5.83. The van der Waals surface area contributed by atoms with E-state index in [-0.39, 0.29) is 16.4 Å². The molecule has 0 aliphatic heterocycles. The highest BCUT2D eigenvalue weighted by atomic mass is 32.2. The first kappa shape index (κ1) is 20.9. The fourth-order valence-corrected chi connectivity index (χ4v) is 4.21. The summed E-state index contributed by atoms with van der Waals surface area (Å²) in [5, 5.41) is 2.66. The van der Waals surface area contributed by atoms with E-state index in [2.05, 4.69) is 10.0 Å². The van der Waals surface area contributed by atoms with Crippen molar-refractivity contribution in [3.05, 3.63) is 58.7 Å². The molecule has 2 rings (SSSR count). The fourth-order valence-electron chi connectivity index (χ4n) is 2.96. The second kappa shape index (κ2) is 8.54. The second-order valence-corrected chi connectivity index (χ2v) is 8.14. The lowest BCUT2D eigenvalue weighted by Gasteiger charge is -2.18. The summed E-state index contributed by atoms with van der Waals surface area (Å²) in [5.41, 5.74) is 3.22. The third-order valence-electron chi connectivity index (χ3n) is 4.29. The van der Waals surface area contributed by atoms with Gasteiger partial charge in [0.15, 0.2) is 0 Å². The van der Waals surface area contributed by atoms with Crippen molar-refractivity contribution in [2.45, 2.75) is 38.6 Å². The van der Waals surface area contributed by atoms with E-state index in [9.17, 15) is 13.2 Å². The molecule has 0 unspecified atom stereocenters. The van der Waals surface area contributed by atoms with Crippen LogP contribution in [-0.4, -0.2) is 28.0 Å². The maximum absolute atomic E-state index is 12.8. The number of rotatable bonds is 7. The van der Waals surface area contributed by atoms with Gasteiger partial charge in [-0.15, -0.1) is 0 Å². The van der Waals surface area contributed by atoms with Gasteiger partial charge in [0, 0.05) is 12.6 Å². The number of carbonyl (C=O) groups excluding carboxylic acids is 1. The Morgan fingerprint density at radius 2 is 1.85 bits per heavy atom. The number of ether oxygens (including phenoxy) is 1. The molecule has 7 heteroatoms. The van der Waals surface area contributed by atoms with Gasteiger partial charge >= 0.3 is 0 Å². The van der Waals surface area contributed by atoms with Gasteiger partial charge in [-0.1, -0.05) is 23.8 Å². The third kappa shape index (κ3) is 4.87. The Kier molecular flexibility index (Phi) is 6.62. The van der Waals surface area contributed by atoms with Crippen molar-refractivity contribution in [1.29, 1.82) is 0 Å². The van der Waals surface area contributed by atoms with E-state index in [1.165, 1.54) is 25.3 Å². The Morgan fingerprint density at radius 3 is 2.44 bits per heavy atom. The van der Waals surface area contributed by atoms with Crippen LogP contribution in [0.4, 0.5) is 0 Å². The van der Waals surface area contributed by atoms with Gasteiger partial charge in [-0.3, -0.25) is 4.79 Å². The van der Waals surface area contributed by atoms with E-state index in [0.29, 0.717) is 12.3 Å². The van der Waals surface area contributed by atoms with Gasteiger partial charge in [0.2, 0.25) is 10.0 Å². The first-order valence-electron chi connectivity index (χ1n) is 8.75. The average Bonchev–Trinajstić information content (AvgIpc) is 2.60. The number of amides is 1. The Labute approximate surface area is 161 Å². The molecular weight excluding hydrogens is 364 g/mol. The van der Waals surface area contributed by atoms with Crippen LogP contribution in [0.15, 0.2) is 41.3 Å². The highest BCUT2D eigenvalue weighted by molar-refractivity contribution is 7.89. The van der Waals surface area contributed by atoms with Gasteiger partial charge in [0.05, 0.1) is 17.6 Å². The summed E-state index contributed by atoms with van der Waals surface area (Å²) >= 11 is 0. The molecular formula is C20H26N2O4S. The van der Waals surface area contributed by atoms with Crippen molar-refractivity contribution in [2.75, 3.05) is 13.7 Å². The lowest BCUT2D eigenvalue weighted by molar-refractivity contribution is 0.0952. The normalized spacial score (nSPS) is 12.5. The van der Waals surface area contributed by atoms with E-state index < -0.39 is 16.1 Å². The van der Waals surface area contributed by atoms with Gasteiger partial charge in [0.25, 0.3) is 5.91 Å². The smallest absolute Gasteiger partial charge is 0.255 e. The Morgan fingerprint density at radius 1 is 1.15 bits per heavy atom. The molecule has 0 fully saturated rings. The quantitative estimate of drug-likeness (QED) is 0.761. The molecule has 0 aromatic heterocycles. The minimum absolute atomic E-state index is 0.0150. The molecule has 1 atom stereocenters. The van der Waals surface area contributed by atoms with Crippen molar-refractivity contribution >= 4 is 15.9 Å². The fraction of sp³-hybridized carbons (Fsp3) is 0.350. The predicted molar refractivity (Wildman–Crippen MR) is 106 cm³/mol. The topological polar surface area (TPSA) is 84.5 Å². The van der Waals surface area contributed by atoms with Gasteiger partial charge in [-0.25, -0.2) is 13.1 Å². The molecule has 0 spiro atoms. The molecule has 146 valence electrons. The molecule has 0 saturated carbocycles. The molecule has 0 saturated heterocycles. The Bertz CT molecular complexity index is 939. The van der Waals surface area contributed by atoms with Crippen LogP contribution in [0.3, 0.4) is 0 Å². The van der Waals surface area contributed by atoms with E-state index in [0.717, 1.165) is 16.7 Å². The highest BCUT2D eigenvalue weighted by Crippen LogP contribution is 2.25. The number of hydrogen-bond acceptors (Lipinski definition) is 4. The number of benzene rings is 2. The van der Waals surface area contributed by atoms with Crippen LogP contribution >= 0.6 is 0 Å². The van der Waals surface area contributed by atoms with Crippen LogP contribution < -0.4 is 14.8 Å². The molecule has 1 amide bonds. The predicted octanol–water partition coefficient (Wildman–Crippen LogP) is 3.10. The summed E-state index contributed by atoms with van der Waals surface area (Å²) < 4.78 is 33.6. The molecule has 0 aliphatic carbocycles. The number of aryl methyl sites for hydroxylation is 2. The maximum atomic E-state index is 12.8. The van der Waals surface area contributed by atoms with E-state index in [4.69, 9.17) is 4.74 Å². The van der Waals surface area contributed by atoms with E-state index in [1.807, 2.05) is 32.0 Å². The van der Waals surface area contributed by atoms with Crippen molar-refractivity contribution in [3.8, 4) is 5.75 Å². The first-order chi connectivity index (χ1) is 12.7. The van der Waals surface area contributed by atoms with Crippen LogP contribution in [0.5, 0.6) is 5.75 Å². The Hall–Kier alpha value is -2.38. The van der Waals surface area contributed by atoms with Crippen molar-refractivity contribution in [2.24, 2.45) is 0 Å². The zero-order valence-corrected chi connectivity index (χ0v) is 17.1. The number of methoxy groups -OCH3 is 1. The lowest BCUT2D eigenvalue weighted by atomic mass is 10.0. The maximum Gasteiger partial charge on any atom is 0.255 e. The van der Waals surface area contributed by atoms with Crippen LogP contribution in [0.25, 0.3) is 0 Å². The van der Waals surface area contributed by atoms with E-state index in [1.54, 1.807) is 13.8 Å². The van der Waals surface area contributed by atoms with Crippen LogP contribution in [-0.2, 0) is 10.0 Å². The molecule has 2 aromatic rings. The molecule has 0 heterocycles. The zero-order valence-electron chi connectivity index (χ0n) is 16.3. The van der Waals surface area contributed by atoms with Gasteiger partial charge in [-0.05, 0) is 57.0 Å². The number of sulfonamides is 1. The van der Waals surface area contributed by atoms with Crippen molar-refractivity contribution < 1.29 is 17.9 Å². The number of hydrogen-bond donors (Lipinski definition) is 2. The summed E-state index contributed by atoms with van der Waals surface area (Å²) in [5.74, 6) is -0.0591. The first-order valence-corrected chi connectivity index (χ1v) is 10.2. The zero-order chi connectivity index (χ0) is 20.2. The molecule has 0 aliphatic rings. The summed E-state index contributed by atoms with van der Waals surface area (Å²) in [6.45, 7) is 7.96. The summed E-state index contributed by atoms with van der Waals surface area (Å²) in [7, 11) is -2.38. The molecule has 27 heavy (non-hydrogen) atoms.